The molecule has 0 amide bonds. The third-order valence-corrected chi connectivity index (χ3v) is 5.43. The Kier molecular flexibility index (Phi) is 7.37. The maximum absolute atomic E-state index is 14.8. The van der Waals surface area contributed by atoms with Gasteiger partial charge in [0.1, 0.15) is 12.0 Å². The molecule has 0 bridgehead atoms. The van der Waals surface area contributed by atoms with E-state index in [1.807, 2.05) is 0 Å². The summed E-state index contributed by atoms with van der Waals surface area (Å²) in [5.74, 6) is -1.24. The standard InChI is InChI=1S/C23H19F5N6O4/c1-11(38-18-8-32-33-21(35)19(18)23(26,27)28)3-12(24)9-34-10-31-17-5-14(16(25)4-15(17)22(34)36)20-29-6-13(37-2)7-30-20/h4-8,10-12H,3,9H2,1-2H3,(H,33,35)/t11-,12+/m1/s1. The number of ether oxygens (including phenoxy) is 2. The fraction of sp³-hybridized carbons (Fsp3) is 0.304. The summed E-state index contributed by atoms with van der Waals surface area (Å²) < 4.78 is 80.1. The predicted molar refractivity (Wildman–Crippen MR) is 123 cm³/mol. The van der Waals surface area contributed by atoms with Crippen LogP contribution < -0.4 is 20.6 Å². The molecule has 3 aromatic heterocycles. The number of methoxy groups -OCH3 is 1. The zero-order chi connectivity index (χ0) is 27.6. The molecular formula is C23H19F5N6O4. The maximum atomic E-state index is 14.8. The summed E-state index contributed by atoms with van der Waals surface area (Å²) in [6, 6.07) is 2.23. The fourth-order valence-corrected chi connectivity index (χ4v) is 3.69. The number of nitrogens with zero attached hydrogens (tertiary/aromatic N) is 5. The van der Waals surface area contributed by atoms with Crippen LogP contribution in [0.5, 0.6) is 11.5 Å². The smallest absolute Gasteiger partial charge is 0.425 e. The van der Waals surface area contributed by atoms with Crippen molar-refractivity contribution in [2.24, 2.45) is 0 Å². The molecule has 0 aliphatic heterocycles. The Morgan fingerprint density at radius 3 is 2.47 bits per heavy atom. The largest absolute Gasteiger partial charge is 0.494 e. The molecular weight excluding hydrogens is 519 g/mol. The second-order valence-electron chi connectivity index (χ2n) is 8.20. The second kappa shape index (κ2) is 10.5. The molecule has 0 aliphatic rings. The van der Waals surface area contributed by atoms with Crippen LogP contribution in [-0.2, 0) is 12.7 Å². The van der Waals surface area contributed by atoms with Gasteiger partial charge in [-0.2, -0.15) is 18.3 Å². The van der Waals surface area contributed by atoms with Crippen LogP contribution in [0.3, 0.4) is 0 Å². The molecule has 1 N–H and O–H groups in total. The van der Waals surface area contributed by atoms with Crippen LogP contribution in [-0.4, -0.2) is 49.1 Å². The number of benzene rings is 1. The molecule has 0 saturated carbocycles. The summed E-state index contributed by atoms with van der Waals surface area (Å²) in [5.41, 5.74) is -3.71. The van der Waals surface area contributed by atoms with E-state index in [0.717, 1.165) is 17.0 Å². The first-order valence-electron chi connectivity index (χ1n) is 11.0. The van der Waals surface area contributed by atoms with Gasteiger partial charge in [-0.15, -0.1) is 0 Å². The number of fused-ring (bicyclic) bond motifs is 1. The van der Waals surface area contributed by atoms with E-state index >= 15 is 0 Å². The van der Waals surface area contributed by atoms with E-state index in [-0.39, 0.29) is 22.3 Å². The van der Waals surface area contributed by atoms with Gasteiger partial charge in [0.25, 0.3) is 11.1 Å². The maximum Gasteiger partial charge on any atom is 0.425 e. The summed E-state index contributed by atoms with van der Waals surface area (Å²) in [4.78, 5) is 36.5. The fourth-order valence-electron chi connectivity index (χ4n) is 3.69. The highest BCUT2D eigenvalue weighted by Gasteiger charge is 2.38. The lowest BCUT2D eigenvalue weighted by molar-refractivity contribution is -0.140. The highest BCUT2D eigenvalue weighted by atomic mass is 19.4. The van der Waals surface area contributed by atoms with Gasteiger partial charge in [0, 0.05) is 6.42 Å². The van der Waals surface area contributed by atoms with Gasteiger partial charge < -0.3 is 9.47 Å². The molecule has 4 aromatic rings. The van der Waals surface area contributed by atoms with Crippen molar-refractivity contribution in [3.8, 4) is 22.9 Å². The minimum Gasteiger partial charge on any atom is -0.494 e. The SMILES string of the molecule is COc1cnc(-c2cc3ncn(C[C@@H](F)C[C@@H](C)Oc4cn[nH]c(=O)c4C(F)(F)F)c(=O)c3cc2F)nc1. The van der Waals surface area contributed by atoms with Crippen LogP contribution >= 0.6 is 0 Å². The molecule has 2 atom stereocenters. The lowest BCUT2D eigenvalue weighted by Gasteiger charge is -2.19. The van der Waals surface area contributed by atoms with Crippen molar-refractivity contribution in [1.29, 1.82) is 0 Å². The van der Waals surface area contributed by atoms with E-state index in [0.29, 0.717) is 11.9 Å². The molecule has 0 aliphatic carbocycles. The Morgan fingerprint density at radius 2 is 1.82 bits per heavy atom. The van der Waals surface area contributed by atoms with Crippen molar-refractivity contribution in [3.05, 3.63) is 69.1 Å². The second-order valence-corrected chi connectivity index (χ2v) is 8.20. The average Bonchev–Trinajstić information content (AvgIpc) is 2.85. The van der Waals surface area contributed by atoms with Crippen molar-refractivity contribution in [1.82, 2.24) is 29.7 Å². The van der Waals surface area contributed by atoms with E-state index in [2.05, 4.69) is 20.1 Å². The minimum absolute atomic E-state index is 0.00777. The zero-order valence-corrected chi connectivity index (χ0v) is 19.8. The number of hydrogen-bond acceptors (Lipinski definition) is 8. The third-order valence-electron chi connectivity index (χ3n) is 5.43. The van der Waals surface area contributed by atoms with Crippen LogP contribution in [0.25, 0.3) is 22.3 Å². The Balaban J connectivity index is 1.51. The van der Waals surface area contributed by atoms with Crippen molar-refractivity contribution in [2.75, 3.05) is 7.11 Å². The molecule has 0 radical (unpaired) electrons. The molecule has 0 saturated heterocycles. The Labute approximate surface area is 210 Å². The molecule has 0 spiro atoms. The molecule has 4 rings (SSSR count). The monoisotopic (exact) mass is 538 g/mol. The molecule has 10 nitrogen and oxygen atoms in total. The van der Waals surface area contributed by atoms with E-state index in [4.69, 9.17) is 9.47 Å². The van der Waals surface area contributed by atoms with Gasteiger partial charge >= 0.3 is 6.18 Å². The lowest BCUT2D eigenvalue weighted by Crippen LogP contribution is -2.29. The van der Waals surface area contributed by atoms with Gasteiger partial charge in [0.05, 0.1) is 61.1 Å². The van der Waals surface area contributed by atoms with Crippen molar-refractivity contribution in [3.63, 3.8) is 0 Å². The first-order chi connectivity index (χ1) is 18.0. The number of nitrogens with one attached hydrogen (secondary N) is 1. The van der Waals surface area contributed by atoms with Crippen LogP contribution in [0.2, 0.25) is 0 Å². The first-order valence-corrected chi connectivity index (χ1v) is 11.0. The highest BCUT2D eigenvalue weighted by molar-refractivity contribution is 5.82. The van der Waals surface area contributed by atoms with Crippen LogP contribution in [0.15, 0.2) is 46.6 Å². The van der Waals surface area contributed by atoms with Crippen LogP contribution in [0, 0.1) is 5.82 Å². The zero-order valence-electron chi connectivity index (χ0n) is 19.8. The lowest BCUT2D eigenvalue weighted by atomic mass is 10.1. The molecule has 0 fully saturated rings. The predicted octanol–water partition coefficient (Wildman–Crippen LogP) is 3.30. The normalized spacial score (nSPS) is 13.3. The molecule has 3 heterocycles. The highest BCUT2D eigenvalue weighted by Crippen LogP contribution is 2.33. The van der Waals surface area contributed by atoms with Gasteiger partial charge in [-0.05, 0) is 19.1 Å². The van der Waals surface area contributed by atoms with Crippen LogP contribution in [0.4, 0.5) is 22.0 Å². The van der Waals surface area contributed by atoms with E-state index in [9.17, 15) is 31.5 Å². The Bertz CT molecular complexity index is 1570. The summed E-state index contributed by atoms with van der Waals surface area (Å²) in [7, 11) is 1.42. The Morgan fingerprint density at radius 1 is 1.11 bits per heavy atom. The van der Waals surface area contributed by atoms with Crippen molar-refractivity contribution < 1.29 is 31.4 Å². The number of alkyl halides is 4. The minimum atomic E-state index is -5.01. The topological polar surface area (TPSA) is 125 Å². The first kappa shape index (κ1) is 26.6. The summed E-state index contributed by atoms with van der Waals surface area (Å²) in [6.45, 7) is 0.771. The summed E-state index contributed by atoms with van der Waals surface area (Å²) in [5, 5.41) is 4.84. The summed E-state index contributed by atoms with van der Waals surface area (Å²) >= 11 is 0. The number of H-pyrrole nitrogens is 1. The van der Waals surface area contributed by atoms with Gasteiger partial charge in [-0.25, -0.2) is 28.8 Å². The number of aromatic amines is 1. The van der Waals surface area contributed by atoms with Crippen molar-refractivity contribution >= 4 is 10.9 Å². The molecule has 1 aromatic carbocycles. The van der Waals surface area contributed by atoms with Gasteiger partial charge in [0.15, 0.2) is 22.9 Å². The van der Waals surface area contributed by atoms with Crippen molar-refractivity contribution in [2.45, 2.75) is 38.3 Å². The number of hydrogen-bond donors (Lipinski definition) is 1. The molecule has 38 heavy (non-hydrogen) atoms. The molecule has 200 valence electrons. The Hall–Kier alpha value is -4.43. The number of aromatic nitrogens is 6. The van der Waals surface area contributed by atoms with Gasteiger partial charge in [-0.3, -0.25) is 14.2 Å². The van der Waals surface area contributed by atoms with Gasteiger partial charge in [0.2, 0.25) is 0 Å². The van der Waals surface area contributed by atoms with Gasteiger partial charge in [-0.1, -0.05) is 0 Å². The number of rotatable bonds is 8. The third kappa shape index (κ3) is 5.60. The quantitative estimate of drug-likeness (QED) is 0.339. The van der Waals surface area contributed by atoms with E-state index < -0.39 is 59.7 Å². The average molecular weight is 538 g/mol. The number of halogens is 5. The molecule has 15 heteroatoms. The summed E-state index contributed by atoms with van der Waals surface area (Å²) in [6.07, 6.45) is -3.89. The van der Waals surface area contributed by atoms with Crippen LogP contribution in [0.1, 0.15) is 18.9 Å². The van der Waals surface area contributed by atoms with E-state index in [1.165, 1.54) is 32.5 Å². The van der Waals surface area contributed by atoms with E-state index in [1.54, 1.807) is 5.10 Å². The molecule has 0 unspecified atom stereocenters.